The molecule has 1 fully saturated rings. The highest BCUT2D eigenvalue weighted by atomic mass is 31.2. The summed E-state index contributed by atoms with van der Waals surface area (Å²) in [6.07, 6.45) is 0.226. The molecule has 2 atom stereocenters. The number of hydrogen-bond acceptors (Lipinski definition) is 7. The van der Waals surface area contributed by atoms with Crippen LogP contribution in [0, 0.1) is 0 Å². The van der Waals surface area contributed by atoms with Gasteiger partial charge in [-0.3, -0.25) is 24.5 Å². The van der Waals surface area contributed by atoms with Gasteiger partial charge in [0.25, 0.3) is 0 Å². The fraction of sp³-hybridized carbons (Fsp3) is 0.273. The van der Waals surface area contributed by atoms with Crippen LogP contribution in [0.25, 0.3) is 16.8 Å². The van der Waals surface area contributed by atoms with E-state index in [4.69, 9.17) is 19.4 Å². The SMILES string of the molecule is CC(=O)NCC1CN(c2ccc(-c3ccc(C4=CC(COP(=O)(O)O)ON4)cc3)cc2)C(=O)O1. The van der Waals surface area contributed by atoms with Gasteiger partial charge in [0.2, 0.25) is 5.91 Å². The lowest BCUT2D eigenvalue weighted by Gasteiger charge is -2.14. The van der Waals surface area contributed by atoms with Crippen molar-refractivity contribution in [3.8, 4) is 11.1 Å². The Morgan fingerprint density at radius 1 is 1.15 bits per heavy atom. The minimum absolute atomic E-state index is 0.175. The lowest BCUT2D eigenvalue weighted by molar-refractivity contribution is -0.119. The summed E-state index contributed by atoms with van der Waals surface area (Å²) in [5.74, 6) is -0.175. The molecule has 2 aromatic rings. The molecule has 12 heteroatoms. The van der Waals surface area contributed by atoms with Gasteiger partial charge in [0, 0.05) is 12.6 Å². The highest BCUT2D eigenvalue weighted by Gasteiger charge is 2.32. The molecule has 0 spiro atoms. The fourth-order valence-corrected chi connectivity index (χ4v) is 3.91. The third kappa shape index (κ3) is 6.02. The molecule has 2 aromatic carbocycles. The maximum Gasteiger partial charge on any atom is 0.469 e. The molecule has 2 aliphatic heterocycles. The Kier molecular flexibility index (Phi) is 7.01. The first kappa shape index (κ1) is 23.9. The molecular formula is C22H24N3O8P. The van der Waals surface area contributed by atoms with Gasteiger partial charge in [0.15, 0.2) is 0 Å². The average Bonchev–Trinajstić information content (AvgIpc) is 3.43. The van der Waals surface area contributed by atoms with E-state index in [1.54, 1.807) is 6.08 Å². The summed E-state index contributed by atoms with van der Waals surface area (Å²) in [6, 6.07) is 15.1. The van der Waals surface area contributed by atoms with E-state index in [2.05, 4.69) is 15.3 Å². The number of nitrogens with one attached hydrogen (secondary N) is 2. The molecule has 0 radical (unpaired) electrons. The minimum atomic E-state index is -4.56. The number of carbonyl (C=O) groups excluding carboxylic acids is 2. The fourth-order valence-electron chi connectivity index (χ4n) is 3.57. The van der Waals surface area contributed by atoms with Gasteiger partial charge in [-0.1, -0.05) is 36.4 Å². The lowest BCUT2D eigenvalue weighted by Crippen LogP contribution is -2.33. The van der Waals surface area contributed by atoms with Crippen LogP contribution >= 0.6 is 7.82 Å². The summed E-state index contributed by atoms with van der Waals surface area (Å²) < 4.78 is 20.6. The van der Waals surface area contributed by atoms with Crippen LogP contribution in [0.15, 0.2) is 54.6 Å². The third-order valence-corrected chi connectivity index (χ3v) is 5.73. The molecule has 2 unspecified atom stereocenters. The van der Waals surface area contributed by atoms with Crippen molar-refractivity contribution in [2.45, 2.75) is 19.1 Å². The van der Waals surface area contributed by atoms with Crippen LogP contribution in [0.1, 0.15) is 12.5 Å². The van der Waals surface area contributed by atoms with Crippen LogP contribution in [0.5, 0.6) is 0 Å². The molecule has 1 saturated heterocycles. The van der Waals surface area contributed by atoms with Crippen molar-refractivity contribution in [2.75, 3.05) is 24.6 Å². The number of phosphoric ester groups is 1. The standard InChI is InChI=1S/C22H24N3O8P/c1-14(26)23-11-20-12-25(22(27)32-20)18-8-6-16(7-9-18)15-2-4-17(5-3-15)21-10-19(33-24-21)13-31-34(28,29)30/h2-10,19-20,24H,11-13H2,1H3,(H,23,26)(H2,28,29,30). The Balaban J connectivity index is 1.38. The molecule has 180 valence electrons. The number of rotatable bonds is 8. The monoisotopic (exact) mass is 489 g/mol. The smallest absolute Gasteiger partial charge is 0.442 e. The second-order valence-corrected chi connectivity index (χ2v) is 9.04. The number of carbonyl (C=O) groups is 2. The molecule has 11 nitrogen and oxygen atoms in total. The van der Waals surface area contributed by atoms with Crippen LogP contribution in [0.4, 0.5) is 10.5 Å². The van der Waals surface area contributed by atoms with Gasteiger partial charge in [-0.05, 0) is 34.9 Å². The first-order valence-electron chi connectivity index (χ1n) is 10.4. The third-order valence-electron chi connectivity index (χ3n) is 5.24. The van der Waals surface area contributed by atoms with Gasteiger partial charge in [0.1, 0.15) is 12.2 Å². The summed E-state index contributed by atoms with van der Waals surface area (Å²) in [6.45, 7) is 1.77. The molecule has 34 heavy (non-hydrogen) atoms. The average molecular weight is 489 g/mol. The zero-order valence-electron chi connectivity index (χ0n) is 18.2. The number of hydrogen-bond donors (Lipinski definition) is 4. The van der Waals surface area contributed by atoms with E-state index in [-0.39, 0.29) is 19.1 Å². The van der Waals surface area contributed by atoms with Crippen LogP contribution in [-0.2, 0) is 23.5 Å². The van der Waals surface area contributed by atoms with Crippen molar-refractivity contribution in [2.24, 2.45) is 0 Å². The van der Waals surface area contributed by atoms with E-state index < -0.39 is 26.1 Å². The molecule has 2 amide bonds. The first-order chi connectivity index (χ1) is 16.2. The van der Waals surface area contributed by atoms with Crippen molar-refractivity contribution in [1.82, 2.24) is 10.8 Å². The van der Waals surface area contributed by atoms with Crippen LogP contribution in [0.2, 0.25) is 0 Å². The maximum absolute atomic E-state index is 12.2. The van der Waals surface area contributed by atoms with Gasteiger partial charge in [-0.2, -0.15) is 0 Å². The number of anilines is 1. The van der Waals surface area contributed by atoms with Crippen LogP contribution in [0.3, 0.4) is 0 Å². The predicted octanol–water partition coefficient (Wildman–Crippen LogP) is 2.17. The molecule has 2 aliphatic rings. The Morgan fingerprint density at radius 2 is 1.76 bits per heavy atom. The van der Waals surface area contributed by atoms with Crippen LogP contribution < -0.4 is 15.7 Å². The number of amides is 2. The Morgan fingerprint density at radius 3 is 2.38 bits per heavy atom. The van der Waals surface area contributed by atoms with Gasteiger partial charge >= 0.3 is 13.9 Å². The largest absolute Gasteiger partial charge is 0.469 e. The molecule has 2 heterocycles. The maximum atomic E-state index is 12.2. The summed E-state index contributed by atoms with van der Waals surface area (Å²) in [5, 5.41) is 2.65. The van der Waals surface area contributed by atoms with E-state index in [0.717, 1.165) is 16.7 Å². The summed E-state index contributed by atoms with van der Waals surface area (Å²) in [5.41, 5.74) is 6.86. The molecule has 4 rings (SSSR count). The van der Waals surface area contributed by atoms with Gasteiger partial charge in [0.05, 0.1) is 25.4 Å². The highest BCUT2D eigenvalue weighted by molar-refractivity contribution is 7.46. The zero-order chi connectivity index (χ0) is 24.3. The van der Waals surface area contributed by atoms with Gasteiger partial charge in [-0.15, -0.1) is 0 Å². The van der Waals surface area contributed by atoms with E-state index in [9.17, 15) is 14.2 Å². The molecule has 0 aromatic heterocycles. The Bertz CT molecular complexity index is 1130. The highest BCUT2D eigenvalue weighted by Crippen LogP contribution is 2.36. The minimum Gasteiger partial charge on any atom is -0.442 e. The number of nitrogens with zero attached hydrogens (tertiary/aromatic N) is 1. The molecule has 0 saturated carbocycles. The molecule has 0 bridgehead atoms. The summed E-state index contributed by atoms with van der Waals surface area (Å²) in [4.78, 5) is 47.6. The van der Waals surface area contributed by atoms with E-state index >= 15 is 0 Å². The van der Waals surface area contributed by atoms with Crippen LogP contribution in [-0.4, -0.2) is 53.7 Å². The van der Waals surface area contributed by atoms with Crippen molar-refractivity contribution in [3.05, 3.63) is 60.2 Å². The van der Waals surface area contributed by atoms with Crippen molar-refractivity contribution in [1.29, 1.82) is 0 Å². The van der Waals surface area contributed by atoms with Gasteiger partial charge in [-0.25, -0.2) is 9.36 Å². The molecule has 4 N–H and O–H groups in total. The topological polar surface area (TPSA) is 147 Å². The number of cyclic esters (lactones) is 1. The normalized spacial score (nSPS) is 20.0. The Hall–Kier alpha value is -3.21. The number of phosphoric acid groups is 1. The van der Waals surface area contributed by atoms with Crippen molar-refractivity contribution < 1.29 is 38.0 Å². The number of hydroxylamine groups is 1. The van der Waals surface area contributed by atoms with E-state index in [1.165, 1.54) is 11.8 Å². The lowest BCUT2D eigenvalue weighted by atomic mass is 10.0. The summed E-state index contributed by atoms with van der Waals surface area (Å²) >= 11 is 0. The second kappa shape index (κ2) is 9.96. The Labute approximate surface area is 195 Å². The molecule has 0 aliphatic carbocycles. The van der Waals surface area contributed by atoms with Crippen molar-refractivity contribution in [3.63, 3.8) is 0 Å². The molecular weight excluding hydrogens is 465 g/mol. The number of benzene rings is 2. The van der Waals surface area contributed by atoms with Gasteiger partial charge < -0.3 is 19.8 Å². The zero-order valence-corrected chi connectivity index (χ0v) is 19.1. The first-order valence-corrected chi connectivity index (χ1v) is 12.0. The van der Waals surface area contributed by atoms with E-state index in [1.807, 2.05) is 48.5 Å². The van der Waals surface area contributed by atoms with Crippen molar-refractivity contribution >= 4 is 31.2 Å². The predicted molar refractivity (Wildman–Crippen MR) is 122 cm³/mol. The second-order valence-electron chi connectivity index (χ2n) is 7.80. The summed E-state index contributed by atoms with van der Waals surface area (Å²) in [7, 11) is -4.56. The quantitative estimate of drug-likeness (QED) is 0.410. The van der Waals surface area contributed by atoms with E-state index in [0.29, 0.717) is 17.9 Å². The number of ether oxygens (including phenoxy) is 1.